The molecule has 3 N–H and O–H groups in total. The van der Waals surface area contributed by atoms with Gasteiger partial charge in [-0.05, 0) is 72.2 Å². The molecule has 0 aliphatic carbocycles. The van der Waals surface area contributed by atoms with Crippen molar-refractivity contribution in [3.63, 3.8) is 0 Å². The molecule has 0 unspecified atom stereocenters. The van der Waals surface area contributed by atoms with E-state index in [1.807, 2.05) is 0 Å². The predicted molar refractivity (Wildman–Crippen MR) is 106 cm³/mol. The molecule has 1 fully saturated rings. The molecule has 1 saturated heterocycles. The smallest absolute Gasteiger partial charge is 0.263 e. The van der Waals surface area contributed by atoms with Crippen LogP contribution in [0.4, 0.5) is 11.4 Å². The van der Waals surface area contributed by atoms with Crippen LogP contribution in [0.25, 0.3) is 0 Å². The average molecular weight is 445 g/mol. The van der Waals surface area contributed by atoms with E-state index in [2.05, 4.69) is 31.3 Å². The Morgan fingerprint density at radius 1 is 1.12 bits per heavy atom. The Morgan fingerprint density at radius 2 is 1.84 bits per heavy atom. The molecule has 0 aromatic heterocycles. The number of hydrogen-bond donors (Lipinski definition) is 3. The van der Waals surface area contributed by atoms with Crippen LogP contribution in [0.2, 0.25) is 5.02 Å². The second-order valence-corrected chi connectivity index (χ2v) is 8.81. The van der Waals surface area contributed by atoms with Crippen LogP contribution < -0.4 is 15.4 Å². The Kier molecular flexibility index (Phi) is 5.89. The zero-order valence-corrected chi connectivity index (χ0v) is 16.6. The third-order valence-electron chi connectivity index (χ3n) is 4.04. The van der Waals surface area contributed by atoms with Gasteiger partial charge in [0.2, 0.25) is 0 Å². The summed E-state index contributed by atoms with van der Waals surface area (Å²) in [5, 5.41) is 7.29. The Morgan fingerprint density at radius 3 is 2.56 bits per heavy atom. The lowest BCUT2D eigenvalue weighted by atomic mass is 10.1. The largest absolute Gasteiger partial charge is 0.381 e. The number of benzene rings is 2. The SMILES string of the molecule is O=S(=O)(Nc1ccc(Cl)c(NC2CCNCC2)c1)c1ccccc1Br. The van der Waals surface area contributed by atoms with Crippen molar-refractivity contribution in [2.75, 3.05) is 23.1 Å². The van der Waals surface area contributed by atoms with Gasteiger partial charge >= 0.3 is 0 Å². The van der Waals surface area contributed by atoms with Crippen molar-refractivity contribution in [2.45, 2.75) is 23.8 Å². The summed E-state index contributed by atoms with van der Waals surface area (Å²) in [4.78, 5) is 0.192. The Balaban J connectivity index is 1.81. The number of piperidine rings is 1. The van der Waals surface area contributed by atoms with Gasteiger partial charge in [0.15, 0.2) is 0 Å². The fourth-order valence-corrected chi connectivity index (χ4v) is 4.98. The quantitative estimate of drug-likeness (QED) is 0.650. The van der Waals surface area contributed by atoms with Gasteiger partial charge in [-0.1, -0.05) is 23.7 Å². The van der Waals surface area contributed by atoms with Crippen molar-refractivity contribution in [3.8, 4) is 0 Å². The van der Waals surface area contributed by atoms with E-state index < -0.39 is 10.0 Å². The van der Waals surface area contributed by atoms with Gasteiger partial charge in [0, 0.05) is 10.5 Å². The van der Waals surface area contributed by atoms with Crippen LogP contribution in [-0.2, 0) is 10.0 Å². The summed E-state index contributed by atoms with van der Waals surface area (Å²) in [6.07, 6.45) is 2.01. The highest BCUT2D eigenvalue weighted by Crippen LogP contribution is 2.29. The highest BCUT2D eigenvalue weighted by molar-refractivity contribution is 9.10. The van der Waals surface area contributed by atoms with E-state index in [-0.39, 0.29) is 4.90 Å². The summed E-state index contributed by atoms with van der Waals surface area (Å²) in [5.74, 6) is 0. The first-order valence-electron chi connectivity index (χ1n) is 8.00. The van der Waals surface area contributed by atoms with Crippen LogP contribution in [-0.4, -0.2) is 27.5 Å². The number of anilines is 2. The van der Waals surface area contributed by atoms with E-state index in [1.54, 1.807) is 42.5 Å². The predicted octanol–water partition coefficient (Wildman–Crippen LogP) is 4.07. The number of halogens is 2. The molecule has 0 amide bonds. The monoisotopic (exact) mass is 443 g/mol. The Bertz CT molecular complexity index is 855. The Labute approximate surface area is 161 Å². The van der Waals surface area contributed by atoms with Crippen molar-refractivity contribution in [3.05, 3.63) is 52.0 Å². The molecule has 25 heavy (non-hydrogen) atoms. The van der Waals surface area contributed by atoms with Crippen LogP contribution in [0.1, 0.15) is 12.8 Å². The standard InChI is InChI=1S/C17H19BrClN3O2S/c18-14-3-1-2-4-17(14)25(23,24)22-13-5-6-15(19)16(11-13)21-12-7-9-20-10-8-12/h1-6,11-12,20-22H,7-10H2. The van der Waals surface area contributed by atoms with Gasteiger partial charge in [0.1, 0.15) is 4.90 Å². The second kappa shape index (κ2) is 7.95. The van der Waals surface area contributed by atoms with Gasteiger partial charge in [0.25, 0.3) is 10.0 Å². The van der Waals surface area contributed by atoms with Crippen LogP contribution in [0, 0.1) is 0 Å². The average Bonchev–Trinajstić information content (AvgIpc) is 2.59. The first kappa shape index (κ1) is 18.5. The van der Waals surface area contributed by atoms with E-state index in [9.17, 15) is 8.42 Å². The van der Waals surface area contributed by atoms with E-state index in [1.165, 1.54) is 0 Å². The van der Waals surface area contributed by atoms with Crippen LogP contribution in [0.15, 0.2) is 51.8 Å². The molecule has 1 aliphatic rings. The molecular weight excluding hydrogens is 426 g/mol. The summed E-state index contributed by atoms with van der Waals surface area (Å²) in [6, 6.07) is 12.1. The fourth-order valence-electron chi connectivity index (χ4n) is 2.76. The molecule has 2 aromatic carbocycles. The van der Waals surface area contributed by atoms with Crippen LogP contribution in [0.5, 0.6) is 0 Å². The number of hydrogen-bond acceptors (Lipinski definition) is 4. The molecule has 134 valence electrons. The van der Waals surface area contributed by atoms with Crippen molar-refractivity contribution in [1.82, 2.24) is 5.32 Å². The summed E-state index contributed by atoms with van der Waals surface area (Å²) in [5.41, 5.74) is 1.21. The lowest BCUT2D eigenvalue weighted by molar-refractivity contribution is 0.479. The zero-order chi connectivity index (χ0) is 17.9. The number of sulfonamides is 1. The van der Waals surface area contributed by atoms with Gasteiger partial charge < -0.3 is 10.6 Å². The topological polar surface area (TPSA) is 70.2 Å². The maximum atomic E-state index is 12.6. The third-order valence-corrected chi connectivity index (χ3v) is 6.77. The van der Waals surface area contributed by atoms with Crippen LogP contribution in [0.3, 0.4) is 0 Å². The minimum Gasteiger partial charge on any atom is -0.381 e. The van der Waals surface area contributed by atoms with E-state index >= 15 is 0 Å². The first-order chi connectivity index (χ1) is 12.0. The van der Waals surface area contributed by atoms with Crippen molar-refractivity contribution < 1.29 is 8.42 Å². The summed E-state index contributed by atoms with van der Waals surface area (Å²) >= 11 is 9.54. The lowest BCUT2D eigenvalue weighted by Gasteiger charge is -2.25. The Hall–Kier alpha value is -1.28. The molecule has 0 bridgehead atoms. The number of rotatable bonds is 5. The maximum Gasteiger partial charge on any atom is 0.263 e. The molecule has 2 aromatic rings. The van der Waals surface area contributed by atoms with Crippen LogP contribution >= 0.6 is 27.5 Å². The first-order valence-corrected chi connectivity index (χ1v) is 10.7. The highest BCUT2D eigenvalue weighted by Gasteiger charge is 2.19. The summed E-state index contributed by atoms with van der Waals surface area (Å²) < 4.78 is 28.3. The molecule has 8 heteroatoms. The fraction of sp³-hybridized carbons (Fsp3) is 0.294. The molecule has 5 nitrogen and oxygen atoms in total. The van der Waals surface area contributed by atoms with Gasteiger partial charge in [-0.15, -0.1) is 0 Å². The van der Waals surface area contributed by atoms with E-state index in [0.717, 1.165) is 31.6 Å². The molecule has 0 radical (unpaired) electrons. The van der Waals surface area contributed by atoms with E-state index in [0.29, 0.717) is 21.2 Å². The van der Waals surface area contributed by atoms with Gasteiger partial charge in [-0.3, -0.25) is 4.72 Å². The van der Waals surface area contributed by atoms with Gasteiger partial charge in [0.05, 0.1) is 16.4 Å². The molecule has 0 atom stereocenters. The van der Waals surface area contributed by atoms with E-state index in [4.69, 9.17) is 11.6 Å². The second-order valence-electron chi connectivity index (χ2n) is 5.90. The normalized spacial score (nSPS) is 15.8. The van der Waals surface area contributed by atoms with Crippen molar-refractivity contribution >= 4 is 48.9 Å². The summed E-state index contributed by atoms with van der Waals surface area (Å²) in [7, 11) is -3.68. The molecule has 0 saturated carbocycles. The van der Waals surface area contributed by atoms with Crippen molar-refractivity contribution in [1.29, 1.82) is 0 Å². The highest BCUT2D eigenvalue weighted by atomic mass is 79.9. The third kappa shape index (κ3) is 4.67. The molecule has 3 rings (SSSR count). The summed E-state index contributed by atoms with van der Waals surface area (Å²) in [6.45, 7) is 1.92. The molecular formula is C17H19BrClN3O2S. The maximum absolute atomic E-state index is 12.6. The minimum atomic E-state index is -3.68. The van der Waals surface area contributed by atoms with Gasteiger partial charge in [-0.2, -0.15) is 0 Å². The van der Waals surface area contributed by atoms with Gasteiger partial charge in [-0.25, -0.2) is 8.42 Å². The molecule has 0 spiro atoms. The molecule has 1 heterocycles. The zero-order valence-electron chi connectivity index (χ0n) is 13.4. The molecule has 1 aliphatic heterocycles. The number of nitrogens with one attached hydrogen (secondary N) is 3. The van der Waals surface area contributed by atoms with Crippen molar-refractivity contribution in [2.24, 2.45) is 0 Å². The minimum absolute atomic E-state index is 0.192. The lowest BCUT2D eigenvalue weighted by Crippen LogP contribution is -2.35.